The molecule has 2 atom stereocenters. The largest absolute Gasteiger partial charge is 0.365 e. The van der Waals surface area contributed by atoms with Crippen molar-refractivity contribution in [3.8, 4) is 0 Å². The molecule has 62 valence electrons. The van der Waals surface area contributed by atoms with E-state index in [1.807, 2.05) is 12.1 Å². The van der Waals surface area contributed by atoms with Gasteiger partial charge in [-0.05, 0) is 5.56 Å². The van der Waals surface area contributed by atoms with Crippen molar-refractivity contribution in [3.05, 3.63) is 48.6 Å². The van der Waals surface area contributed by atoms with E-state index < -0.39 is 0 Å². The van der Waals surface area contributed by atoms with Crippen LogP contribution in [0.2, 0.25) is 0 Å². The minimum absolute atomic E-state index is 0.296. The highest BCUT2D eigenvalue weighted by atomic mass is 16.6. The maximum absolute atomic E-state index is 5.35. The van der Waals surface area contributed by atoms with Gasteiger partial charge < -0.3 is 4.74 Å². The van der Waals surface area contributed by atoms with E-state index in [0.717, 1.165) is 6.42 Å². The number of ether oxygens (including phenoxy) is 1. The second kappa shape index (κ2) is 3.11. The lowest BCUT2D eigenvalue weighted by Gasteiger charge is -1.94. The van der Waals surface area contributed by atoms with Crippen molar-refractivity contribution in [2.75, 3.05) is 0 Å². The molecular weight excluding hydrogens is 148 g/mol. The number of hydrogen-bond donors (Lipinski definition) is 0. The summed E-state index contributed by atoms with van der Waals surface area (Å²) in [7, 11) is 0. The summed E-state index contributed by atoms with van der Waals surface area (Å²) in [6.07, 6.45) is 3.56. The normalized spacial score (nSPS) is 26.7. The van der Waals surface area contributed by atoms with Crippen molar-refractivity contribution in [1.29, 1.82) is 0 Å². The Balaban J connectivity index is 1.93. The Morgan fingerprint density at radius 3 is 2.67 bits per heavy atom. The van der Waals surface area contributed by atoms with Crippen molar-refractivity contribution < 1.29 is 4.74 Å². The fraction of sp³-hybridized carbons (Fsp3) is 0.273. The van der Waals surface area contributed by atoms with Gasteiger partial charge in [-0.2, -0.15) is 0 Å². The first-order valence-corrected chi connectivity index (χ1v) is 4.22. The van der Waals surface area contributed by atoms with Crippen LogP contribution in [-0.2, 0) is 11.2 Å². The zero-order valence-electron chi connectivity index (χ0n) is 6.94. The van der Waals surface area contributed by atoms with Gasteiger partial charge in [-0.1, -0.05) is 36.4 Å². The van der Waals surface area contributed by atoms with E-state index >= 15 is 0 Å². The third-order valence-electron chi connectivity index (χ3n) is 2.13. The molecule has 1 saturated heterocycles. The monoisotopic (exact) mass is 160 g/mol. The highest BCUT2D eigenvalue weighted by Crippen LogP contribution is 2.26. The van der Waals surface area contributed by atoms with E-state index in [2.05, 4.69) is 30.8 Å². The fourth-order valence-corrected chi connectivity index (χ4v) is 1.37. The van der Waals surface area contributed by atoms with Gasteiger partial charge in [0.25, 0.3) is 0 Å². The minimum atomic E-state index is 0.296. The van der Waals surface area contributed by atoms with Crippen LogP contribution in [0.3, 0.4) is 0 Å². The van der Waals surface area contributed by atoms with E-state index in [9.17, 15) is 0 Å². The Labute approximate surface area is 72.7 Å². The van der Waals surface area contributed by atoms with Gasteiger partial charge in [-0.15, -0.1) is 6.58 Å². The molecule has 0 N–H and O–H groups in total. The Bertz CT molecular complexity index is 266. The Kier molecular flexibility index (Phi) is 1.96. The van der Waals surface area contributed by atoms with Crippen LogP contribution < -0.4 is 0 Å². The SMILES string of the molecule is C=C[C@@H]1O[C@H]1Cc1ccccc1. The van der Waals surface area contributed by atoms with Crippen molar-refractivity contribution in [3.63, 3.8) is 0 Å². The summed E-state index contributed by atoms with van der Waals surface area (Å²) in [4.78, 5) is 0. The molecule has 1 fully saturated rings. The second-order valence-electron chi connectivity index (χ2n) is 3.06. The van der Waals surface area contributed by atoms with Gasteiger partial charge in [0.05, 0.1) is 6.10 Å². The molecule has 0 amide bonds. The van der Waals surface area contributed by atoms with Crippen LogP contribution in [-0.4, -0.2) is 12.2 Å². The van der Waals surface area contributed by atoms with Crippen LogP contribution in [0.5, 0.6) is 0 Å². The second-order valence-corrected chi connectivity index (χ2v) is 3.06. The van der Waals surface area contributed by atoms with Gasteiger partial charge in [-0.25, -0.2) is 0 Å². The molecule has 2 rings (SSSR count). The van der Waals surface area contributed by atoms with Crippen molar-refractivity contribution in [2.45, 2.75) is 18.6 Å². The third kappa shape index (κ3) is 1.56. The molecule has 1 aromatic rings. The summed E-state index contributed by atoms with van der Waals surface area (Å²) in [5.74, 6) is 0. The number of hydrogen-bond acceptors (Lipinski definition) is 1. The highest BCUT2D eigenvalue weighted by Gasteiger charge is 2.35. The van der Waals surface area contributed by atoms with Gasteiger partial charge >= 0.3 is 0 Å². The molecule has 1 heterocycles. The van der Waals surface area contributed by atoms with Crippen LogP contribution in [0.4, 0.5) is 0 Å². The summed E-state index contributed by atoms with van der Waals surface area (Å²) in [6, 6.07) is 10.4. The van der Waals surface area contributed by atoms with Crippen molar-refractivity contribution in [2.24, 2.45) is 0 Å². The maximum atomic E-state index is 5.35. The summed E-state index contributed by atoms with van der Waals surface area (Å²) >= 11 is 0. The van der Waals surface area contributed by atoms with Gasteiger partial charge in [0.1, 0.15) is 6.10 Å². The zero-order valence-corrected chi connectivity index (χ0v) is 6.94. The molecule has 1 aliphatic rings. The Hall–Kier alpha value is -1.08. The summed E-state index contributed by atoms with van der Waals surface area (Å²) < 4.78 is 5.35. The smallest absolute Gasteiger partial charge is 0.102 e. The van der Waals surface area contributed by atoms with Crippen molar-refractivity contribution >= 4 is 0 Å². The molecule has 0 aliphatic carbocycles. The molecule has 0 saturated carbocycles. The summed E-state index contributed by atoms with van der Waals surface area (Å²) in [6.45, 7) is 3.69. The summed E-state index contributed by atoms with van der Waals surface area (Å²) in [5.41, 5.74) is 1.34. The third-order valence-corrected chi connectivity index (χ3v) is 2.13. The van der Waals surface area contributed by atoms with Crippen LogP contribution in [0, 0.1) is 0 Å². The Morgan fingerprint density at radius 1 is 1.33 bits per heavy atom. The molecule has 0 spiro atoms. The lowest BCUT2D eigenvalue weighted by atomic mass is 10.1. The van der Waals surface area contributed by atoms with E-state index in [4.69, 9.17) is 4.74 Å². The van der Waals surface area contributed by atoms with Gasteiger partial charge in [0.15, 0.2) is 0 Å². The predicted octanol–water partition coefficient (Wildman–Crippen LogP) is 2.18. The molecule has 1 aliphatic heterocycles. The average molecular weight is 160 g/mol. The van der Waals surface area contributed by atoms with Crippen LogP contribution in [0.15, 0.2) is 43.0 Å². The maximum Gasteiger partial charge on any atom is 0.102 e. The molecular formula is C11H12O. The lowest BCUT2D eigenvalue weighted by molar-refractivity contribution is 0.388. The molecule has 0 bridgehead atoms. The zero-order chi connectivity index (χ0) is 8.39. The number of rotatable bonds is 3. The van der Waals surface area contributed by atoms with Crippen molar-refractivity contribution in [1.82, 2.24) is 0 Å². The molecule has 1 nitrogen and oxygen atoms in total. The first kappa shape index (κ1) is 7.56. The van der Waals surface area contributed by atoms with Gasteiger partial charge in [0, 0.05) is 6.42 Å². The van der Waals surface area contributed by atoms with E-state index in [1.165, 1.54) is 5.56 Å². The van der Waals surface area contributed by atoms with E-state index in [0.29, 0.717) is 12.2 Å². The molecule has 0 aromatic heterocycles. The molecule has 1 aromatic carbocycles. The number of benzene rings is 1. The van der Waals surface area contributed by atoms with Crippen LogP contribution >= 0.6 is 0 Å². The quantitative estimate of drug-likeness (QED) is 0.487. The van der Waals surface area contributed by atoms with Crippen LogP contribution in [0.1, 0.15) is 5.56 Å². The van der Waals surface area contributed by atoms with Crippen LogP contribution in [0.25, 0.3) is 0 Å². The lowest BCUT2D eigenvalue weighted by Crippen LogP contribution is -1.95. The number of epoxide rings is 1. The molecule has 0 unspecified atom stereocenters. The molecule has 12 heavy (non-hydrogen) atoms. The summed E-state index contributed by atoms with van der Waals surface area (Å²) in [5, 5.41) is 0. The first-order valence-electron chi connectivity index (χ1n) is 4.22. The van der Waals surface area contributed by atoms with Gasteiger partial charge in [0.2, 0.25) is 0 Å². The van der Waals surface area contributed by atoms with E-state index in [1.54, 1.807) is 0 Å². The molecule has 0 radical (unpaired) electrons. The first-order chi connectivity index (χ1) is 5.90. The highest BCUT2D eigenvalue weighted by molar-refractivity contribution is 5.18. The van der Waals surface area contributed by atoms with E-state index in [-0.39, 0.29) is 0 Å². The average Bonchev–Trinajstić information content (AvgIpc) is 2.85. The van der Waals surface area contributed by atoms with Gasteiger partial charge in [-0.3, -0.25) is 0 Å². The Morgan fingerprint density at radius 2 is 2.08 bits per heavy atom. The molecule has 1 heteroatoms. The minimum Gasteiger partial charge on any atom is -0.365 e. The fourth-order valence-electron chi connectivity index (χ4n) is 1.37. The standard InChI is InChI=1S/C11H12O/c1-2-10-11(12-10)8-9-6-4-3-5-7-9/h2-7,10-11H,1,8H2/t10-,11-/m0/s1. The predicted molar refractivity (Wildman–Crippen MR) is 49.0 cm³/mol. The topological polar surface area (TPSA) is 12.5 Å².